The normalized spacial score (nSPS) is 56.9. The van der Waals surface area contributed by atoms with E-state index in [0.29, 0.717) is 18.4 Å². The fourth-order valence-electron chi connectivity index (χ4n) is 10.3. The van der Waals surface area contributed by atoms with Crippen LogP contribution in [0.25, 0.3) is 0 Å². The van der Waals surface area contributed by atoms with Gasteiger partial charge in [-0.25, -0.2) is 4.79 Å². The fourth-order valence-corrected chi connectivity index (χ4v) is 10.3. The molecule has 0 spiro atoms. The molecule has 0 radical (unpaired) electrons. The van der Waals surface area contributed by atoms with Crippen LogP contribution in [0.5, 0.6) is 0 Å². The molecule has 3 heterocycles. The highest BCUT2D eigenvalue weighted by atomic mass is 16.7. The first-order valence-corrected chi connectivity index (χ1v) is 14.9. The van der Waals surface area contributed by atoms with E-state index in [4.69, 9.17) is 23.7 Å². The Morgan fingerprint density at radius 3 is 2.52 bits per heavy atom. The van der Waals surface area contributed by atoms with Crippen LogP contribution in [0.1, 0.15) is 59.3 Å². The number of carbonyl (C=O) groups is 2. The maximum Gasteiger partial charge on any atom is 0.331 e. The monoisotopic (exact) mass is 562 g/mol. The van der Waals surface area contributed by atoms with Crippen molar-refractivity contribution >= 4 is 11.8 Å². The molecule has 7 aliphatic rings. The third-order valence-corrected chi connectivity index (χ3v) is 12.4. The van der Waals surface area contributed by atoms with E-state index in [9.17, 15) is 24.9 Å². The van der Waals surface area contributed by atoms with Gasteiger partial charge in [0.2, 0.25) is 0 Å². The van der Waals surface area contributed by atoms with Gasteiger partial charge in [0.15, 0.2) is 12.1 Å². The minimum Gasteiger partial charge on any atom is -0.458 e. The van der Waals surface area contributed by atoms with Gasteiger partial charge < -0.3 is 39.0 Å². The molecule has 6 fully saturated rings. The molecule has 4 aliphatic carbocycles. The van der Waals surface area contributed by atoms with Gasteiger partial charge in [-0.15, -0.1) is 0 Å². The molecule has 0 aromatic heterocycles. The lowest BCUT2D eigenvalue weighted by Crippen LogP contribution is -2.72. The van der Waals surface area contributed by atoms with Crippen molar-refractivity contribution in [2.24, 2.45) is 34.5 Å². The second kappa shape index (κ2) is 9.05. The molecule has 3 N–H and O–H groups in total. The molecular weight excluding hydrogens is 520 g/mol. The summed E-state index contributed by atoms with van der Waals surface area (Å²) in [6.45, 7) is 5.86. The Balaban J connectivity index is 1.15. The van der Waals surface area contributed by atoms with Gasteiger partial charge in [0, 0.05) is 37.4 Å². The quantitative estimate of drug-likeness (QED) is 0.339. The summed E-state index contributed by atoms with van der Waals surface area (Å²) < 4.78 is 29.6. The third kappa shape index (κ3) is 3.41. The van der Waals surface area contributed by atoms with E-state index in [1.165, 1.54) is 6.08 Å². The molecule has 2 saturated heterocycles. The van der Waals surface area contributed by atoms with Crippen LogP contribution in [0.2, 0.25) is 0 Å². The fraction of sp³-hybridized carbons (Fsp3) is 0.867. The minimum atomic E-state index is -1.42. The molecule has 0 bridgehead atoms. The highest BCUT2D eigenvalue weighted by Crippen LogP contribution is 2.72. The summed E-state index contributed by atoms with van der Waals surface area (Å²) in [6, 6.07) is 0. The van der Waals surface area contributed by atoms with Gasteiger partial charge in [-0.1, -0.05) is 6.92 Å². The van der Waals surface area contributed by atoms with Gasteiger partial charge in [-0.3, -0.25) is 4.79 Å². The molecule has 10 nitrogen and oxygen atoms in total. The Labute approximate surface area is 234 Å². The first-order chi connectivity index (χ1) is 18.9. The minimum absolute atomic E-state index is 0.0681. The summed E-state index contributed by atoms with van der Waals surface area (Å²) in [5.41, 5.74) is -2.34. The van der Waals surface area contributed by atoms with Crippen molar-refractivity contribution in [1.29, 1.82) is 0 Å². The summed E-state index contributed by atoms with van der Waals surface area (Å²) in [5.74, 6) is -1.86. The molecule has 4 saturated carbocycles. The molecular formula is C30H42O10. The van der Waals surface area contributed by atoms with Crippen molar-refractivity contribution < 1.29 is 48.6 Å². The van der Waals surface area contributed by atoms with E-state index in [2.05, 4.69) is 6.92 Å². The Hall–Kier alpha value is -1.40. The standard InChI is InChI=1S/C30H42O10/c1-13-25(32)19(36-4)11-22(38-13)39-16-5-6-28(2)15(8-16)9-18-23-24(28)26(33)27(34)29(3)17(14-7-21(31)37-12-14)10-20(40-18)30(23,29)35/h7,13,15-20,22-26,32-33,35H,5-6,8-12H2,1-4H3/t13-,15+,16-,17-,18+,19-,20-,22+,23-,24-,25+,26+,28-,29-,30-/m0/s1. The van der Waals surface area contributed by atoms with Crippen molar-refractivity contribution in [1.82, 2.24) is 0 Å². The number of ketones is 1. The zero-order valence-electron chi connectivity index (χ0n) is 23.7. The topological polar surface area (TPSA) is 141 Å². The molecule has 15 atom stereocenters. The van der Waals surface area contributed by atoms with Crippen molar-refractivity contribution in [3.63, 3.8) is 0 Å². The zero-order valence-corrected chi connectivity index (χ0v) is 23.7. The number of esters is 1. The number of ether oxygens (including phenoxy) is 5. The van der Waals surface area contributed by atoms with Gasteiger partial charge in [-0.05, 0) is 62.9 Å². The van der Waals surface area contributed by atoms with Crippen molar-refractivity contribution in [3.05, 3.63) is 11.6 Å². The summed E-state index contributed by atoms with van der Waals surface area (Å²) in [4.78, 5) is 26.0. The van der Waals surface area contributed by atoms with Crippen LogP contribution in [-0.2, 0) is 33.3 Å². The van der Waals surface area contributed by atoms with Gasteiger partial charge in [-0.2, -0.15) is 0 Å². The number of hydrogen-bond donors (Lipinski definition) is 3. The molecule has 0 unspecified atom stereocenters. The summed E-state index contributed by atoms with van der Waals surface area (Å²) in [5, 5.41) is 34.6. The van der Waals surface area contributed by atoms with Crippen molar-refractivity contribution in [2.45, 2.75) is 114 Å². The van der Waals surface area contributed by atoms with E-state index < -0.39 is 59.5 Å². The summed E-state index contributed by atoms with van der Waals surface area (Å²) in [6.07, 6.45) is 1.23. The average molecular weight is 563 g/mol. The van der Waals surface area contributed by atoms with E-state index in [1.807, 2.05) is 6.92 Å². The molecule has 0 amide bonds. The second-order valence-corrected chi connectivity index (χ2v) is 13.9. The number of rotatable bonds is 4. The van der Waals surface area contributed by atoms with Gasteiger partial charge in [0.05, 0.1) is 35.9 Å². The van der Waals surface area contributed by atoms with Gasteiger partial charge in [0.25, 0.3) is 0 Å². The molecule has 222 valence electrons. The highest BCUT2D eigenvalue weighted by Gasteiger charge is 2.81. The maximum atomic E-state index is 14.2. The van der Waals surface area contributed by atoms with Crippen LogP contribution >= 0.6 is 0 Å². The van der Waals surface area contributed by atoms with Gasteiger partial charge >= 0.3 is 5.97 Å². The number of fused-ring (bicyclic) bond motifs is 2. The van der Waals surface area contributed by atoms with Crippen LogP contribution in [-0.4, -0.2) is 95.4 Å². The van der Waals surface area contributed by atoms with Crippen LogP contribution in [0, 0.1) is 34.5 Å². The highest BCUT2D eigenvalue weighted by molar-refractivity contribution is 5.94. The van der Waals surface area contributed by atoms with E-state index in [-0.39, 0.29) is 48.0 Å². The maximum absolute atomic E-state index is 14.2. The second-order valence-electron chi connectivity index (χ2n) is 13.9. The largest absolute Gasteiger partial charge is 0.458 e. The Bertz CT molecular complexity index is 1120. The number of aliphatic hydroxyl groups excluding tert-OH is 2. The lowest BCUT2D eigenvalue weighted by molar-refractivity contribution is -0.274. The Morgan fingerprint density at radius 2 is 1.82 bits per heavy atom. The van der Waals surface area contributed by atoms with Crippen molar-refractivity contribution in [2.75, 3.05) is 13.7 Å². The molecule has 0 aromatic rings. The van der Waals surface area contributed by atoms with E-state index >= 15 is 0 Å². The van der Waals surface area contributed by atoms with E-state index in [1.54, 1.807) is 14.0 Å². The zero-order chi connectivity index (χ0) is 28.4. The Morgan fingerprint density at radius 1 is 1.05 bits per heavy atom. The van der Waals surface area contributed by atoms with Crippen LogP contribution in [0.3, 0.4) is 0 Å². The number of methoxy groups -OCH3 is 1. The third-order valence-electron chi connectivity index (χ3n) is 12.4. The number of aliphatic hydroxyl groups is 3. The lowest BCUT2D eigenvalue weighted by Gasteiger charge is -2.63. The number of Topliss-reactive ketones (excluding diaryl/α,β-unsaturated/α-hetero) is 1. The lowest BCUT2D eigenvalue weighted by atomic mass is 9.42. The number of cyclic esters (lactones) is 1. The SMILES string of the molecule is CO[C@H]1C[C@@H](O[C@H]2CC[C@@]3(C)[C@H](C2)C[C@H]2O[C@H]4C[C@@H](C5=CC(=O)OC5)[C@@]5(C)C(=O)[C@H](O)[C@@H]3[C@H]2[C@@]45O)O[C@@H](C)[C@H]1O. The van der Waals surface area contributed by atoms with E-state index in [0.717, 1.165) is 25.7 Å². The Kier molecular flexibility index (Phi) is 6.21. The van der Waals surface area contributed by atoms with Crippen LogP contribution in [0.4, 0.5) is 0 Å². The molecule has 0 aromatic carbocycles. The predicted molar refractivity (Wildman–Crippen MR) is 138 cm³/mol. The summed E-state index contributed by atoms with van der Waals surface area (Å²) >= 11 is 0. The molecule has 40 heavy (non-hydrogen) atoms. The smallest absolute Gasteiger partial charge is 0.331 e. The van der Waals surface area contributed by atoms with Crippen LogP contribution in [0.15, 0.2) is 11.6 Å². The first-order valence-electron chi connectivity index (χ1n) is 14.9. The average Bonchev–Trinajstić information content (AvgIpc) is 3.53. The molecule has 3 aliphatic heterocycles. The van der Waals surface area contributed by atoms with Crippen LogP contribution < -0.4 is 0 Å². The van der Waals surface area contributed by atoms with Gasteiger partial charge in [0.1, 0.15) is 24.4 Å². The predicted octanol–water partition coefficient (Wildman–Crippen LogP) is 1.28. The number of carbonyl (C=O) groups excluding carboxylic acids is 2. The first kappa shape index (κ1) is 27.4. The molecule has 7 rings (SSSR count). The molecule has 10 heteroatoms. The summed E-state index contributed by atoms with van der Waals surface area (Å²) in [7, 11) is 1.58. The number of hydrogen-bond acceptors (Lipinski definition) is 10. The van der Waals surface area contributed by atoms with Crippen molar-refractivity contribution in [3.8, 4) is 0 Å².